The van der Waals surface area contributed by atoms with Crippen molar-refractivity contribution in [2.24, 2.45) is 5.92 Å². The molecule has 21 heavy (non-hydrogen) atoms. The number of carboxylic acid groups (broad SMARTS) is 1. The molecule has 116 valence electrons. The highest BCUT2D eigenvalue weighted by atomic mass is 19.1. The van der Waals surface area contributed by atoms with Crippen LogP contribution in [0.3, 0.4) is 0 Å². The van der Waals surface area contributed by atoms with Crippen LogP contribution in [0.5, 0.6) is 0 Å². The van der Waals surface area contributed by atoms with Crippen molar-refractivity contribution in [1.29, 1.82) is 0 Å². The van der Waals surface area contributed by atoms with Gasteiger partial charge in [0, 0.05) is 20.2 Å². The van der Waals surface area contributed by atoms with Gasteiger partial charge in [-0.1, -0.05) is 19.1 Å². The molecule has 0 aliphatic heterocycles. The Kier molecular flexibility index (Phi) is 6.81. The summed E-state index contributed by atoms with van der Waals surface area (Å²) in [6.45, 7) is 1.95. The molecule has 0 aliphatic rings. The van der Waals surface area contributed by atoms with Crippen molar-refractivity contribution in [1.82, 2.24) is 4.90 Å². The Morgan fingerprint density at radius 2 is 1.95 bits per heavy atom. The summed E-state index contributed by atoms with van der Waals surface area (Å²) in [7, 11) is 1.41. The zero-order valence-corrected chi connectivity index (χ0v) is 12.2. The van der Waals surface area contributed by atoms with Gasteiger partial charge in [0.2, 0.25) is 5.91 Å². The van der Waals surface area contributed by atoms with Crippen LogP contribution in [-0.2, 0) is 20.7 Å². The zero-order chi connectivity index (χ0) is 15.8. The maximum Gasteiger partial charge on any atom is 0.308 e. The Morgan fingerprint density at radius 1 is 1.33 bits per heavy atom. The van der Waals surface area contributed by atoms with Crippen LogP contribution in [0.4, 0.5) is 4.39 Å². The van der Waals surface area contributed by atoms with Crippen molar-refractivity contribution in [2.75, 3.05) is 26.8 Å². The molecule has 0 aliphatic carbocycles. The lowest BCUT2D eigenvalue weighted by Crippen LogP contribution is -2.40. The maximum atomic E-state index is 12.8. The summed E-state index contributed by atoms with van der Waals surface area (Å²) in [4.78, 5) is 24.3. The molecule has 1 aromatic carbocycles. The van der Waals surface area contributed by atoms with E-state index in [2.05, 4.69) is 0 Å². The highest BCUT2D eigenvalue weighted by Gasteiger charge is 2.20. The van der Waals surface area contributed by atoms with Crippen molar-refractivity contribution in [3.63, 3.8) is 0 Å². The highest BCUT2D eigenvalue weighted by molar-refractivity contribution is 5.78. The molecule has 1 aromatic rings. The van der Waals surface area contributed by atoms with Crippen LogP contribution in [0, 0.1) is 11.7 Å². The number of hydrogen-bond acceptors (Lipinski definition) is 3. The second-order valence-electron chi connectivity index (χ2n) is 4.89. The Morgan fingerprint density at radius 3 is 2.48 bits per heavy atom. The van der Waals surface area contributed by atoms with Crippen LogP contribution in [0.1, 0.15) is 12.5 Å². The Bertz CT molecular complexity index is 475. The van der Waals surface area contributed by atoms with Gasteiger partial charge in [-0.2, -0.15) is 0 Å². The molecule has 1 amide bonds. The summed E-state index contributed by atoms with van der Waals surface area (Å²) in [6.07, 6.45) is 0.530. The largest absolute Gasteiger partial charge is 0.481 e. The third-order valence-electron chi connectivity index (χ3n) is 3.12. The molecular weight excluding hydrogens is 277 g/mol. The summed E-state index contributed by atoms with van der Waals surface area (Å²) < 4.78 is 17.6. The number of methoxy groups -OCH3 is 1. The lowest BCUT2D eigenvalue weighted by Gasteiger charge is -2.24. The van der Waals surface area contributed by atoms with Crippen molar-refractivity contribution < 1.29 is 23.8 Å². The van der Waals surface area contributed by atoms with Crippen LogP contribution in [0.15, 0.2) is 24.3 Å². The van der Waals surface area contributed by atoms with E-state index in [9.17, 15) is 14.0 Å². The highest BCUT2D eigenvalue weighted by Crippen LogP contribution is 2.07. The van der Waals surface area contributed by atoms with Gasteiger partial charge in [-0.3, -0.25) is 9.59 Å². The number of hydrogen-bond donors (Lipinski definition) is 1. The van der Waals surface area contributed by atoms with Crippen molar-refractivity contribution in [2.45, 2.75) is 13.3 Å². The molecule has 0 fully saturated rings. The summed E-state index contributed by atoms with van der Waals surface area (Å²) in [6, 6.07) is 6.01. The first-order valence-electron chi connectivity index (χ1n) is 6.68. The zero-order valence-electron chi connectivity index (χ0n) is 12.2. The number of halogens is 1. The van der Waals surface area contributed by atoms with Gasteiger partial charge in [0.1, 0.15) is 12.4 Å². The average Bonchev–Trinajstić information content (AvgIpc) is 2.44. The minimum atomic E-state index is -0.952. The van der Waals surface area contributed by atoms with Crippen molar-refractivity contribution in [3.05, 3.63) is 35.6 Å². The van der Waals surface area contributed by atoms with Gasteiger partial charge in [-0.25, -0.2) is 4.39 Å². The number of aliphatic carboxylic acids is 1. The minimum absolute atomic E-state index is 0.0875. The fourth-order valence-corrected chi connectivity index (χ4v) is 1.86. The molecule has 0 saturated carbocycles. The number of amides is 1. The molecule has 1 unspecified atom stereocenters. The SMILES string of the molecule is COCC(=O)N(CCc1ccc(F)cc1)CC(C)C(=O)O. The van der Waals surface area contributed by atoms with Gasteiger partial charge >= 0.3 is 5.97 Å². The molecule has 0 bridgehead atoms. The Hall–Kier alpha value is -1.95. The van der Waals surface area contributed by atoms with E-state index in [0.29, 0.717) is 13.0 Å². The monoisotopic (exact) mass is 297 g/mol. The smallest absolute Gasteiger partial charge is 0.308 e. The lowest BCUT2D eigenvalue weighted by atomic mass is 10.1. The Labute approximate surface area is 123 Å². The fraction of sp³-hybridized carbons (Fsp3) is 0.467. The average molecular weight is 297 g/mol. The second-order valence-corrected chi connectivity index (χ2v) is 4.89. The number of nitrogens with zero attached hydrogens (tertiary/aromatic N) is 1. The van der Waals surface area contributed by atoms with E-state index in [1.807, 2.05) is 0 Å². The standard InChI is InChI=1S/C15H20FNO4/c1-11(15(19)20)9-17(14(18)10-21-2)8-7-12-3-5-13(16)6-4-12/h3-6,11H,7-10H2,1-2H3,(H,19,20). The predicted molar refractivity (Wildman–Crippen MR) is 75.4 cm³/mol. The summed E-state index contributed by atoms with van der Waals surface area (Å²) in [5.74, 6) is -2.18. The fourth-order valence-electron chi connectivity index (χ4n) is 1.86. The molecular formula is C15H20FNO4. The first-order chi connectivity index (χ1) is 9.93. The van der Waals surface area contributed by atoms with Crippen molar-refractivity contribution in [3.8, 4) is 0 Å². The van der Waals surface area contributed by atoms with Crippen LogP contribution in [0.25, 0.3) is 0 Å². The van der Waals surface area contributed by atoms with Gasteiger partial charge < -0.3 is 14.7 Å². The van der Waals surface area contributed by atoms with Crippen LogP contribution < -0.4 is 0 Å². The van der Waals surface area contributed by atoms with E-state index in [-0.39, 0.29) is 24.9 Å². The molecule has 1 N–H and O–H groups in total. The predicted octanol–water partition coefficient (Wildman–Crippen LogP) is 1.56. The van der Waals surface area contributed by atoms with Gasteiger partial charge in [0.25, 0.3) is 0 Å². The number of carboxylic acids is 1. The maximum absolute atomic E-state index is 12.8. The number of benzene rings is 1. The molecule has 1 rings (SSSR count). The van der Waals surface area contributed by atoms with Crippen molar-refractivity contribution >= 4 is 11.9 Å². The topological polar surface area (TPSA) is 66.8 Å². The third-order valence-corrected chi connectivity index (χ3v) is 3.12. The third kappa shape index (κ3) is 5.91. The van der Waals surface area contributed by atoms with E-state index in [1.165, 1.54) is 24.1 Å². The summed E-state index contributed by atoms with van der Waals surface area (Å²) in [5.41, 5.74) is 0.884. The van der Waals surface area contributed by atoms with Gasteiger partial charge in [-0.05, 0) is 24.1 Å². The van der Waals surface area contributed by atoms with E-state index in [4.69, 9.17) is 9.84 Å². The summed E-state index contributed by atoms with van der Waals surface area (Å²) in [5, 5.41) is 8.95. The normalized spacial score (nSPS) is 12.0. The first-order valence-corrected chi connectivity index (χ1v) is 6.68. The second kappa shape index (κ2) is 8.36. The lowest BCUT2D eigenvalue weighted by molar-refractivity contribution is -0.143. The van der Waals surface area contributed by atoms with Gasteiger partial charge in [0.15, 0.2) is 0 Å². The number of carbonyl (C=O) groups excluding carboxylic acids is 1. The van der Waals surface area contributed by atoms with E-state index in [1.54, 1.807) is 19.1 Å². The molecule has 1 atom stereocenters. The van der Waals surface area contributed by atoms with E-state index >= 15 is 0 Å². The van der Waals surface area contributed by atoms with Crippen LogP contribution in [-0.4, -0.2) is 48.7 Å². The number of rotatable bonds is 8. The molecule has 0 saturated heterocycles. The summed E-state index contributed by atoms with van der Waals surface area (Å²) >= 11 is 0. The molecule has 0 radical (unpaired) electrons. The minimum Gasteiger partial charge on any atom is -0.481 e. The van der Waals surface area contributed by atoms with Gasteiger partial charge in [-0.15, -0.1) is 0 Å². The van der Waals surface area contributed by atoms with Crippen LogP contribution in [0.2, 0.25) is 0 Å². The number of ether oxygens (including phenoxy) is 1. The first kappa shape index (κ1) is 17.1. The number of carbonyl (C=O) groups is 2. The molecule has 0 spiro atoms. The van der Waals surface area contributed by atoms with Gasteiger partial charge in [0.05, 0.1) is 5.92 Å². The van der Waals surface area contributed by atoms with Crippen LogP contribution >= 0.6 is 0 Å². The Balaban J connectivity index is 2.65. The molecule has 6 heteroatoms. The van der Waals surface area contributed by atoms with E-state index in [0.717, 1.165) is 5.56 Å². The van der Waals surface area contributed by atoms with E-state index < -0.39 is 11.9 Å². The molecule has 5 nitrogen and oxygen atoms in total. The quantitative estimate of drug-likeness (QED) is 0.791. The molecule has 0 heterocycles. The molecule has 0 aromatic heterocycles.